The zero-order valence-corrected chi connectivity index (χ0v) is 17.8. The number of piperazine rings is 1. The van der Waals surface area contributed by atoms with Gasteiger partial charge < -0.3 is 4.90 Å². The minimum Gasteiger partial charge on any atom is -0.336 e. The molecule has 0 spiro atoms. The molecule has 0 bridgehead atoms. The molecule has 0 atom stereocenters. The molecule has 0 unspecified atom stereocenters. The van der Waals surface area contributed by atoms with E-state index in [0.29, 0.717) is 5.52 Å². The normalized spacial score (nSPS) is 15.5. The molecule has 0 radical (unpaired) electrons. The zero-order valence-electron chi connectivity index (χ0n) is 15.4. The highest BCUT2D eigenvalue weighted by atomic mass is 35.5. The molecule has 1 amide bonds. The Hall–Kier alpha value is -2.33. The number of carbonyl (C=O) groups is 1. The smallest absolute Gasteiger partial charge is 0.256 e. The lowest BCUT2D eigenvalue weighted by Crippen LogP contribution is -2.50. The van der Waals surface area contributed by atoms with Gasteiger partial charge in [-0.05, 0) is 18.2 Å². The number of hydrogen-bond donors (Lipinski definition) is 0. The lowest BCUT2D eigenvalue weighted by Gasteiger charge is -2.34. The predicted octanol–water partition coefficient (Wildman–Crippen LogP) is 3.22. The van der Waals surface area contributed by atoms with Gasteiger partial charge in [-0.1, -0.05) is 29.3 Å². The van der Waals surface area contributed by atoms with E-state index < -0.39 is 21.7 Å². The summed E-state index contributed by atoms with van der Waals surface area (Å²) in [6.45, 7) is 0.347. The third-order valence-corrected chi connectivity index (χ3v) is 7.67. The van der Waals surface area contributed by atoms with Gasteiger partial charge in [0.15, 0.2) is 0 Å². The molecule has 0 saturated carbocycles. The maximum absolute atomic E-state index is 14.0. The largest absolute Gasteiger partial charge is 0.336 e. The number of nitrogens with zero attached hydrogens (tertiary/aromatic N) is 4. The quantitative estimate of drug-likeness (QED) is 0.589. The van der Waals surface area contributed by atoms with Crippen molar-refractivity contribution in [1.29, 1.82) is 0 Å². The van der Waals surface area contributed by atoms with Crippen LogP contribution in [0.1, 0.15) is 10.4 Å². The van der Waals surface area contributed by atoms with Gasteiger partial charge >= 0.3 is 0 Å². The molecule has 7 nitrogen and oxygen atoms in total. The zero-order chi connectivity index (χ0) is 21.5. The van der Waals surface area contributed by atoms with Crippen molar-refractivity contribution in [3.05, 3.63) is 64.2 Å². The minimum absolute atomic E-state index is 0.0332. The van der Waals surface area contributed by atoms with Crippen LogP contribution in [0.4, 0.5) is 4.39 Å². The Morgan fingerprint density at radius 3 is 2.30 bits per heavy atom. The van der Waals surface area contributed by atoms with Gasteiger partial charge in [-0.2, -0.15) is 4.31 Å². The molecule has 156 valence electrons. The second-order valence-corrected chi connectivity index (χ2v) is 9.31. The second-order valence-electron chi connectivity index (χ2n) is 6.62. The maximum atomic E-state index is 14.0. The Balaban J connectivity index is 1.56. The highest BCUT2D eigenvalue weighted by molar-refractivity contribution is 7.89. The standard InChI is InChI=1S/C19H15Cl2FN4O3S/c20-14-2-1-3-15(21)18(14)30(28,29)26-8-6-25(7-9-26)19(27)13-10-12(22)11-16-17(13)24-5-4-23-16/h1-5,10-11H,6-9H2. The third-order valence-electron chi connectivity index (χ3n) is 4.81. The number of rotatable bonds is 3. The first kappa shape index (κ1) is 20.9. The van der Waals surface area contributed by atoms with E-state index in [1.54, 1.807) is 6.07 Å². The summed E-state index contributed by atoms with van der Waals surface area (Å²) in [5, 5.41) is 0.0663. The molecular weight excluding hydrogens is 454 g/mol. The number of benzene rings is 2. The van der Waals surface area contributed by atoms with Crippen LogP contribution in [-0.2, 0) is 10.0 Å². The first-order chi connectivity index (χ1) is 14.3. The number of aromatic nitrogens is 2. The summed E-state index contributed by atoms with van der Waals surface area (Å²) >= 11 is 12.1. The first-order valence-electron chi connectivity index (χ1n) is 8.93. The van der Waals surface area contributed by atoms with Crippen LogP contribution < -0.4 is 0 Å². The van der Waals surface area contributed by atoms with E-state index in [2.05, 4.69) is 9.97 Å². The van der Waals surface area contributed by atoms with Gasteiger partial charge in [0.05, 0.1) is 21.1 Å². The van der Waals surface area contributed by atoms with Crippen LogP contribution in [-0.4, -0.2) is 59.7 Å². The van der Waals surface area contributed by atoms with Gasteiger partial charge in [-0.25, -0.2) is 12.8 Å². The molecule has 4 rings (SSSR count). The summed E-state index contributed by atoms with van der Waals surface area (Å²) in [7, 11) is -3.93. The monoisotopic (exact) mass is 468 g/mol. The van der Waals surface area contributed by atoms with Crippen LogP contribution in [0.25, 0.3) is 11.0 Å². The van der Waals surface area contributed by atoms with Crippen LogP contribution in [0.5, 0.6) is 0 Å². The van der Waals surface area contributed by atoms with Crippen molar-refractivity contribution in [1.82, 2.24) is 19.2 Å². The van der Waals surface area contributed by atoms with Crippen LogP contribution in [0.2, 0.25) is 10.0 Å². The van der Waals surface area contributed by atoms with Crippen molar-refractivity contribution < 1.29 is 17.6 Å². The first-order valence-corrected chi connectivity index (χ1v) is 11.1. The molecule has 1 aromatic heterocycles. The number of hydrogen-bond acceptors (Lipinski definition) is 5. The summed E-state index contributed by atoms with van der Waals surface area (Å²) in [4.78, 5) is 22.5. The lowest BCUT2D eigenvalue weighted by molar-refractivity contribution is 0.0699. The lowest BCUT2D eigenvalue weighted by atomic mass is 10.1. The van der Waals surface area contributed by atoms with Crippen molar-refractivity contribution in [2.45, 2.75) is 4.90 Å². The molecular formula is C19H15Cl2FN4O3S. The number of carbonyl (C=O) groups excluding carboxylic acids is 1. The van der Waals surface area contributed by atoms with Crippen LogP contribution in [0, 0.1) is 5.82 Å². The summed E-state index contributed by atoms with van der Waals surface area (Å²) in [5.41, 5.74) is 0.654. The molecule has 1 saturated heterocycles. The van der Waals surface area contributed by atoms with Gasteiger partial charge in [0.2, 0.25) is 10.0 Å². The minimum atomic E-state index is -3.93. The fourth-order valence-electron chi connectivity index (χ4n) is 3.36. The van der Waals surface area contributed by atoms with Gasteiger partial charge in [-0.15, -0.1) is 0 Å². The highest BCUT2D eigenvalue weighted by Crippen LogP contribution is 2.32. The molecule has 1 fully saturated rings. The Kier molecular flexibility index (Phi) is 5.63. The number of sulfonamides is 1. The third kappa shape index (κ3) is 3.74. The number of amides is 1. The van der Waals surface area contributed by atoms with Gasteiger partial charge in [0.1, 0.15) is 16.2 Å². The molecule has 11 heteroatoms. The number of halogens is 3. The Bertz CT molecular complexity index is 1230. The summed E-state index contributed by atoms with van der Waals surface area (Å²) in [6.07, 6.45) is 2.84. The Morgan fingerprint density at radius 1 is 1.00 bits per heavy atom. The van der Waals surface area contributed by atoms with E-state index in [-0.39, 0.29) is 52.2 Å². The van der Waals surface area contributed by atoms with Crippen molar-refractivity contribution in [3.63, 3.8) is 0 Å². The molecule has 0 N–H and O–H groups in total. The van der Waals surface area contributed by atoms with Crippen molar-refractivity contribution in [2.24, 2.45) is 0 Å². The summed E-state index contributed by atoms with van der Waals surface area (Å²) in [5.74, 6) is -1.03. The number of fused-ring (bicyclic) bond motifs is 1. The Labute approximate surface area is 182 Å². The SMILES string of the molecule is O=C(c1cc(F)cc2nccnc12)N1CCN(S(=O)(=O)c2c(Cl)cccc2Cl)CC1. The molecule has 2 heterocycles. The van der Waals surface area contributed by atoms with Crippen LogP contribution in [0.15, 0.2) is 47.6 Å². The predicted molar refractivity (Wildman–Crippen MR) is 111 cm³/mol. The van der Waals surface area contributed by atoms with Crippen LogP contribution >= 0.6 is 23.2 Å². The average molecular weight is 469 g/mol. The van der Waals surface area contributed by atoms with Gasteiger partial charge in [-0.3, -0.25) is 14.8 Å². The summed E-state index contributed by atoms with van der Waals surface area (Å²) in [6, 6.07) is 6.79. The van der Waals surface area contributed by atoms with Gasteiger partial charge in [0.25, 0.3) is 5.91 Å². The summed E-state index contributed by atoms with van der Waals surface area (Å²) < 4.78 is 41.1. The van der Waals surface area contributed by atoms with Gasteiger partial charge in [0, 0.05) is 44.6 Å². The average Bonchev–Trinajstić information content (AvgIpc) is 2.72. The van der Waals surface area contributed by atoms with E-state index in [9.17, 15) is 17.6 Å². The molecule has 0 aliphatic carbocycles. The van der Waals surface area contributed by atoms with E-state index in [1.165, 1.54) is 39.8 Å². The Morgan fingerprint density at radius 2 is 1.63 bits per heavy atom. The molecule has 1 aliphatic rings. The van der Waals surface area contributed by atoms with E-state index in [0.717, 1.165) is 6.07 Å². The van der Waals surface area contributed by atoms with E-state index in [4.69, 9.17) is 23.2 Å². The second kappa shape index (κ2) is 8.07. The van der Waals surface area contributed by atoms with Crippen molar-refractivity contribution in [2.75, 3.05) is 26.2 Å². The van der Waals surface area contributed by atoms with E-state index >= 15 is 0 Å². The van der Waals surface area contributed by atoms with E-state index in [1.807, 2.05) is 0 Å². The van der Waals surface area contributed by atoms with Crippen molar-refractivity contribution >= 4 is 50.2 Å². The fourth-order valence-corrected chi connectivity index (χ4v) is 5.88. The highest BCUT2D eigenvalue weighted by Gasteiger charge is 2.33. The molecule has 1 aliphatic heterocycles. The van der Waals surface area contributed by atoms with Crippen molar-refractivity contribution in [3.8, 4) is 0 Å². The fraction of sp³-hybridized carbons (Fsp3) is 0.211. The topological polar surface area (TPSA) is 83.5 Å². The molecule has 2 aromatic carbocycles. The maximum Gasteiger partial charge on any atom is 0.256 e. The molecule has 30 heavy (non-hydrogen) atoms. The van der Waals surface area contributed by atoms with Crippen LogP contribution in [0.3, 0.4) is 0 Å². The molecule has 3 aromatic rings.